The Morgan fingerprint density at radius 3 is 2.63 bits per heavy atom. The Hall–Kier alpha value is -0.820. The third-order valence-electron chi connectivity index (χ3n) is 3.03. The minimum atomic E-state index is -3.71. The number of benzene rings is 1. The minimum Gasteiger partial charge on any atom is -0.495 e. The van der Waals surface area contributed by atoms with Crippen molar-refractivity contribution in [2.24, 2.45) is 0 Å². The van der Waals surface area contributed by atoms with Crippen LogP contribution < -0.4 is 4.74 Å². The maximum atomic E-state index is 12.7. The Labute approximate surface area is 118 Å². The molecule has 5 nitrogen and oxygen atoms in total. The molecule has 2 rings (SSSR count). The Kier molecular flexibility index (Phi) is 3.79. The van der Waals surface area contributed by atoms with Crippen LogP contribution in [-0.4, -0.2) is 38.7 Å². The van der Waals surface area contributed by atoms with E-state index in [4.69, 9.17) is 21.1 Å². The second-order valence-corrected chi connectivity index (χ2v) is 7.21. The first-order chi connectivity index (χ1) is 8.79. The molecule has 19 heavy (non-hydrogen) atoms. The molecular formula is C12H16ClNO4S. The van der Waals surface area contributed by atoms with E-state index in [9.17, 15) is 8.42 Å². The standard InChI is InChI=1S/C12H16ClNO4S/c1-12(2)7-18-8-14(12)19(15,16)11-6-9(13)4-5-10(11)17-3/h4-6H,7-8H2,1-3H3. The van der Waals surface area contributed by atoms with Gasteiger partial charge in [0.25, 0.3) is 0 Å². The molecule has 0 N–H and O–H groups in total. The van der Waals surface area contributed by atoms with Crippen LogP contribution >= 0.6 is 11.6 Å². The van der Waals surface area contributed by atoms with Crippen LogP contribution in [0.4, 0.5) is 0 Å². The molecule has 0 radical (unpaired) electrons. The quantitative estimate of drug-likeness (QED) is 0.858. The second-order valence-electron chi connectivity index (χ2n) is 4.94. The Morgan fingerprint density at radius 1 is 1.42 bits per heavy atom. The average Bonchev–Trinajstić information content (AvgIpc) is 2.69. The van der Waals surface area contributed by atoms with Crippen LogP contribution in [0.15, 0.2) is 23.1 Å². The number of nitrogens with zero attached hydrogens (tertiary/aromatic N) is 1. The van der Waals surface area contributed by atoms with Crippen molar-refractivity contribution < 1.29 is 17.9 Å². The van der Waals surface area contributed by atoms with E-state index in [-0.39, 0.29) is 17.4 Å². The molecule has 1 aromatic rings. The first kappa shape index (κ1) is 14.6. The van der Waals surface area contributed by atoms with E-state index in [2.05, 4.69) is 0 Å². The second kappa shape index (κ2) is 4.94. The van der Waals surface area contributed by atoms with Crippen molar-refractivity contribution >= 4 is 21.6 Å². The molecule has 0 aliphatic carbocycles. The number of halogens is 1. The molecule has 1 saturated heterocycles. The molecule has 0 bridgehead atoms. The minimum absolute atomic E-state index is 0.0327. The van der Waals surface area contributed by atoms with Crippen LogP contribution in [0.2, 0.25) is 5.02 Å². The van der Waals surface area contributed by atoms with Gasteiger partial charge in [0, 0.05) is 5.02 Å². The summed E-state index contributed by atoms with van der Waals surface area (Å²) in [5.41, 5.74) is -0.591. The van der Waals surface area contributed by atoms with Crippen LogP contribution in [0, 0.1) is 0 Å². The van der Waals surface area contributed by atoms with E-state index in [0.29, 0.717) is 11.6 Å². The van der Waals surface area contributed by atoms with E-state index < -0.39 is 15.6 Å². The molecule has 1 heterocycles. The fraction of sp³-hybridized carbons (Fsp3) is 0.500. The first-order valence-corrected chi connectivity index (χ1v) is 7.55. The lowest BCUT2D eigenvalue weighted by Crippen LogP contribution is -2.44. The molecule has 0 unspecified atom stereocenters. The molecule has 1 aliphatic rings. The maximum Gasteiger partial charge on any atom is 0.249 e. The molecule has 1 fully saturated rings. The van der Waals surface area contributed by atoms with E-state index in [1.54, 1.807) is 12.1 Å². The highest BCUT2D eigenvalue weighted by atomic mass is 35.5. The van der Waals surface area contributed by atoms with Gasteiger partial charge >= 0.3 is 0 Å². The predicted molar refractivity (Wildman–Crippen MR) is 71.9 cm³/mol. The molecule has 0 saturated carbocycles. The number of rotatable bonds is 3. The van der Waals surface area contributed by atoms with Crippen molar-refractivity contribution in [3.63, 3.8) is 0 Å². The lowest BCUT2D eigenvalue weighted by atomic mass is 10.1. The zero-order chi connectivity index (χ0) is 14.3. The van der Waals surface area contributed by atoms with Crippen molar-refractivity contribution in [1.29, 1.82) is 0 Å². The number of hydrogen-bond donors (Lipinski definition) is 0. The van der Waals surface area contributed by atoms with Gasteiger partial charge in [0.05, 0.1) is 19.3 Å². The van der Waals surface area contributed by atoms with Crippen LogP contribution in [0.3, 0.4) is 0 Å². The molecule has 1 aliphatic heterocycles. The third kappa shape index (κ3) is 2.58. The third-order valence-corrected chi connectivity index (χ3v) is 5.32. The SMILES string of the molecule is COc1ccc(Cl)cc1S(=O)(=O)N1COCC1(C)C. The summed E-state index contributed by atoms with van der Waals surface area (Å²) in [4.78, 5) is 0.0566. The van der Waals surface area contributed by atoms with Gasteiger partial charge in [-0.15, -0.1) is 0 Å². The van der Waals surface area contributed by atoms with Gasteiger partial charge in [0.1, 0.15) is 17.4 Å². The van der Waals surface area contributed by atoms with Crippen LogP contribution in [0.1, 0.15) is 13.8 Å². The monoisotopic (exact) mass is 305 g/mol. The summed E-state index contributed by atoms with van der Waals surface area (Å²) in [6, 6.07) is 4.52. The molecule has 106 valence electrons. The Morgan fingerprint density at radius 2 is 2.11 bits per heavy atom. The van der Waals surface area contributed by atoms with Gasteiger partial charge in [-0.3, -0.25) is 0 Å². The largest absolute Gasteiger partial charge is 0.495 e. The molecule has 0 spiro atoms. The summed E-state index contributed by atoms with van der Waals surface area (Å²) >= 11 is 5.89. The Balaban J connectivity index is 2.54. The molecule has 0 aromatic heterocycles. The van der Waals surface area contributed by atoms with Crippen molar-refractivity contribution in [2.45, 2.75) is 24.3 Å². The van der Waals surface area contributed by atoms with Crippen LogP contribution in [0.25, 0.3) is 0 Å². The van der Waals surface area contributed by atoms with Crippen LogP contribution in [0.5, 0.6) is 5.75 Å². The van der Waals surface area contributed by atoms with Gasteiger partial charge in [-0.05, 0) is 32.0 Å². The summed E-state index contributed by atoms with van der Waals surface area (Å²) in [5.74, 6) is 0.270. The number of ether oxygens (including phenoxy) is 2. The first-order valence-electron chi connectivity index (χ1n) is 5.73. The zero-order valence-corrected chi connectivity index (χ0v) is 12.6. The maximum absolute atomic E-state index is 12.7. The average molecular weight is 306 g/mol. The Bertz CT molecular complexity index is 585. The highest BCUT2D eigenvalue weighted by molar-refractivity contribution is 7.89. The van der Waals surface area contributed by atoms with Gasteiger partial charge in [-0.2, -0.15) is 4.31 Å². The van der Waals surface area contributed by atoms with E-state index >= 15 is 0 Å². The molecule has 1 aromatic carbocycles. The van der Waals surface area contributed by atoms with Gasteiger partial charge < -0.3 is 9.47 Å². The highest BCUT2D eigenvalue weighted by Crippen LogP contribution is 2.34. The van der Waals surface area contributed by atoms with Crippen LogP contribution in [-0.2, 0) is 14.8 Å². The molecule has 0 amide bonds. The predicted octanol–water partition coefficient (Wildman–Crippen LogP) is 2.11. The van der Waals surface area contributed by atoms with E-state index in [1.165, 1.54) is 17.5 Å². The van der Waals surface area contributed by atoms with Crippen molar-refractivity contribution in [2.75, 3.05) is 20.4 Å². The summed E-state index contributed by atoms with van der Waals surface area (Å²) in [6.07, 6.45) is 0. The lowest BCUT2D eigenvalue weighted by molar-refractivity contribution is 0.171. The van der Waals surface area contributed by atoms with Gasteiger partial charge in [-0.25, -0.2) is 8.42 Å². The number of sulfonamides is 1. The lowest BCUT2D eigenvalue weighted by Gasteiger charge is -2.28. The van der Waals surface area contributed by atoms with Gasteiger partial charge in [0.15, 0.2) is 0 Å². The zero-order valence-electron chi connectivity index (χ0n) is 11.0. The smallest absolute Gasteiger partial charge is 0.249 e. The van der Waals surface area contributed by atoms with Gasteiger partial charge in [-0.1, -0.05) is 11.6 Å². The topological polar surface area (TPSA) is 55.8 Å². The van der Waals surface area contributed by atoms with Crippen molar-refractivity contribution in [3.05, 3.63) is 23.2 Å². The molecular weight excluding hydrogens is 290 g/mol. The summed E-state index contributed by atoms with van der Waals surface area (Å²) in [5, 5.41) is 0.345. The fourth-order valence-corrected chi connectivity index (χ4v) is 4.06. The summed E-state index contributed by atoms with van der Waals surface area (Å²) < 4.78 is 37.1. The molecule has 0 atom stereocenters. The normalized spacial score (nSPS) is 19.6. The van der Waals surface area contributed by atoms with Crippen molar-refractivity contribution in [3.8, 4) is 5.75 Å². The van der Waals surface area contributed by atoms with E-state index in [1.807, 2.05) is 13.8 Å². The van der Waals surface area contributed by atoms with E-state index in [0.717, 1.165) is 0 Å². The summed E-state index contributed by atoms with van der Waals surface area (Å²) in [6.45, 7) is 4.02. The fourth-order valence-electron chi connectivity index (χ4n) is 1.99. The molecule has 7 heteroatoms. The highest BCUT2D eigenvalue weighted by Gasteiger charge is 2.43. The number of methoxy groups -OCH3 is 1. The van der Waals surface area contributed by atoms with Crippen molar-refractivity contribution in [1.82, 2.24) is 4.31 Å². The number of hydrogen-bond acceptors (Lipinski definition) is 4. The van der Waals surface area contributed by atoms with Gasteiger partial charge in [0.2, 0.25) is 10.0 Å². The summed E-state index contributed by atoms with van der Waals surface area (Å²) in [7, 11) is -2.29.